The summed E-state index contributed by atoms with van der Waals surface area (Å²) < 4.78 is 8.25. The number of hydrogen-bond donors (Lipinski definition) is 0. The number of rotatable bonds is 4. The van der Waals surface area contributed by atoms with Crippen molar-refractivity contribution >= 4 is 39.9 Å². The number of ether oxygens (including phenoxy) is 1. The van der Waals surface area contributed by atoms with Crippen molar-refractivity contribution in [2.75, 3.05) is 6.61 Å². The summed E-state index contributed by atoms with van der Waals surface area (Å²) in [7, 11) is 0. The molecule has 0 atom stereocenters. The molecule has 0 radical (unpaired) electrons. The van der Waals surface area contributed by atoms with Crippen LogP contribution in [0.1, 0.15) is 46.8 Å². The van der Waals surface area contributed by atoms with E-state index >= 15 is 0 Å². The maximum atomic E-state index is 13.2. The molecule has 0 N–H and O–H groups in total. The van der Waals surface area contributed by atoms with Crippen LogP contribution in [0.2, 0.25) is 0 Å². The van der Waals surface area contributed by atoms with Crippen LogP contribution in [0.3, 0.4) is 0 Å². The molecule has 4 heterocycles. The number of hydrogen-bond acceptors (Lipinski definition) is 6. The Morgan fingerprint density at radius 3 is 2.71 bits per heavy atom. The molecule has 9 heteroatoms. The van der Waals surface area contributed by atoms with Crippen molar-refractivity contribution in [3.05, 3.63) is 74.3 Å². The van der Waals surface area contributed by atoms with Gasteiger partial charge in [0.15, 0.2) is 5.49 Å². The first-order chi connectivity index (χ1) is 14.9. The summed E-state index contributed by atoms with van der Waals surface area (Å²) in [5, 5.41) is 2.02. The number of nitrogens with zero attached hydrogens (tertiary/aromatic N) is 4. The number of carbonyl (C=O) groups excluding carboxylic acids is 2. The van der Waals surface area contributed by atoms with Crippen molar-refractivity contribution in [2.24, 2.45) is 4.99 Å². The number of esters is 1. The van der Waals surface area contributed by atoms with Crippen molar-refractivity contribution in [1.82, 2.24) is 14.0 Å². The fourth-order valence-corrected chi connectivity index (χ4v) is 3.96. The summed E-state index contributed by atoms with van der Waals surface area (Å²) in [6.45, 7) is 5.58. The van der Waals surface area contributed by atoms with Gasteiger partial charge in [0.25, 0.3) is 11.5 Å². The lowest BCUT2D eigenvalue weighted by atomic mass is 10.2. The highest BCUT2D eigenvalue weighted by atomic mass is 32.1. The minimum absolute atomic E-state index is 0.0442. The first kappa shape index (κ1) is 20.7. The van der Waals surface area contributed by atoms with Crippen LogP contribution in [-0.2, 0) is 4.74 Å². The molecule has 0 aliphatic heterocycles. The smallest absolute Gasteiger partial charge is 0.341 e. The van der Waals surface area contributed by atoms with Crippen molar-refractivity contribution in [2.45, 2.75) is 26.8 Å². The number of fused-ring (bicyclic) bond motifs is 2. The van der Waals surface area contributed by atoms with E-state index in [1.165, 1.54) is 21.8 Å². The van der Waals surface area contributed by atoms with Gasteiger partial charge < -0.3 is 9.30 Å². The number of thiophene rings is 1. The molecule has 4 aromatic rings. The molecule has 4 rings (SSSR count). The van der Waals surface area contributed by atoms with Gasteiger partial charge in [0.1, 0.15) is 16.9 Å². The van der Waals surface area contributed by atoms with Gasteiger partial charge in [0, 0.05) is 12.2 Å². The van der Waals surface area contributed by atoms with E-state index in [-0.39, 0.29) is 34.6 Å². The third-order valence-corrected chi connectivity index (χ3v) is 5.54. The highest BCUT2D eigenvalue weighted by Gasteiger charge is 2.21. The van der Waals surface area contributed by atoms with Crippen molar-refractivity contribution in [1.29, 1.82) is 0 Å². The van der Waals surface area contributed by atoms with E-state index in [9.17, 15) is 14.4 Å². The summed E-state index contributed by atoms with van der Waals surface area (Å²) >= 11 is 1.26. The number of aromatic nitrogens is 3. The predicted molar refractivity (Wildman–Crippen MR) is 118 cm³/mol. The molecule has 0 fully saturated rings. The van der Waals surface area contributed by atoms with Crippen LogP contribution < -0.4 is 11.0 Å². The number of pyridine rings is 2. The molecule has 0 bridgehead atoms. The van der Waals surface area contributed by atoms with Crippen LogP contribution in [0, 0.1) is 0 Å². The largest absolute Gasteiger partial charge is 0.462 e. The summed E-state index contributed by atoms with van der Waals surface area (Å²) in [5.41, 5.74) is 0.636. The summed E-state index contributed by atoms with van der Waals surface area (Å²) in [5.74, 6) is -1.14. The third-order valence-electron chi connectivity index (χ3n) is 4.69. The monoisotopic (exact) mass is 436 g/mol. The van der Waals surface area contributed by atoms with Gasteiger partial charge in [-0.15, -0.1) is 11.3 Å². The summed E-state index contributed by atoms with van der Waals surface area (Å²) in [4.78, 5) is 48.1. The van der Waals surface area contributed by atoms with Crippen LogP contribution in [0.25, 0.3) is 16.7 Å². The van der Waals surface area contributed by atoms with Crippen LogP contribution in [-0.4, -0.2) is 32.4 Å². The lowest BCUT2D eigenvalue weighted by Gasteiger charge is -2.17. The predicted octanol–water partition coefficient (Wildman–Crippen LogP) is 3.21. The van der Waals surface area contributed by atoms with Crippen LogP contribution in [0.15, 0.2) is 57.8 Å². The van der Waals surface area contributed by atoms with Gasteiger partial charge in [-0.05, 0) is 50.4 Å². The van der Waals surface area contributed by atoms with E-state index in [1.54, 1.807) is 53.4 Å². The Morgan fingerprint density at radius 2 is 2.03 bits per heavy atom. The normalized spacial score (nSPS) is 12.1. The van der Waals surface area contributed by atoms with Crippen LogP contribution >= 0.6 is 11.3 Å². The Bertz CT molecular complexity index is 1430. The maximum Gasteiger partial charge on any atom is 0.341 e. The SMILES string of the molecule is CCOC(=O)c1cc2c(=O)n3ccccc3nc2n(C(C)C)c1=NC(=O)c1cccs1. The minimum atomic E-state index is -0.658. The quantitative estimate of drug-likeness (QED) is 0.362. The van der Waals surface area contributed by atoms with Gasteiger partial charge in [0.2, 0.25) is 0 Å². The second kappa shape index (κ2) is 8.27. The number of carbonyl (C=O) groups is 2. The van der Waals surface area contributed by atoms with E-state index in [0.717, 1.165) is 0 Å². The maximum absolute atomic E-state index is 13.2. The molecule has 0 saturated heterocycles. The van der Waals surface area contributed by atoms with Crippen LogP contribution in [0.5, 0.6) is 0 Å². The van der Waals surface area contributed by atoms with E-state index in [1.807, 2.05) is 13.8 Å². The van der Waals surface area contributed by atoms with Crippen molar-refractivity contribution in [3.63, 3.8) is 0 Å². The fraction of sp³-hybridized carbons (Fsp3) is 0.227. The van der Waals surface area contributed by atoms with E-state index in [2.05, 4.69) is 9.98 Å². The summed E-state index contributed by atoms with van der Waals surface area (Å²) in [6.07, 6.45) is 1.62. The molecule has 31 heavy (non-hydrogen) atoms. The third kappa shape index (κ3) is 3.68. The standard InChI is InChI=1S/C22H20N4O4S/c1-4-30-22(29)15-12-14-18(23-17-9-5-6-10-25(17)21(14)28)26(13(2)3)19(15)24-20(27)16-8-7-11-31-16/h5-13H,4H2,1-3H3. The molecule has 0 aliphatic rings. The van der Waals surface area contributed by atoms with E-state index < -0.39 is 11.9 Å². The first-order valence-electron chi connectivity index (χ1n) is 9.78. The van der Waals surface area contributed by atoms with E-state index in [0.29, 0.717) is 16.2 Å². The Morgan fingerprint density at radius 1 is 1.23 bits per heavy atom. The molecule has 8 nitrogen and oxygen atoms in total. The van der Waals surface area contributed by atoms with Gasteiger partial charge in [0.05, 0.1) is 16.9 Å². The molecule has 0 saturated carbocycles. The van der Waals surface area contributed by atoms with E-state index in [4.69, 9.17) is 4.74 Å². The fourth-order valence-electron chi connectivity index (χ4n) is 3.35. The Kier molecular flexibility index (Phi) is 5.51. The lowest BCUT2D eigenvalue weighted by Crippen LogP contribution is -2.33. The lowest BCUT2D eigenvalue weighted by molar-refractivity contribution is 0.0523. The second-order valence-electron chi connectivity index (χ2n) is 7.04. The zero-order valence-corrected chi connectivity index (χ0v) is 18.0. The molecule has 0 aromatic carbocycles. The van der Waals surface area contributed by atoms with Gasteiger partial charge in [-0.2, -0.15) is 4.99 Å². The average molecular weight is 436 g/mol. The molecule has 0 aliphatic carbocycles. The van der Waals surface area contributed by atoms with Gasteiger partial charge in [-0.3, -0.25) is 14.0 Å². The average Bonchev–Trinajstić information content (AvgIpc) is 3.28. The van der Waals surface area contributed by atoms with Crippen molar-refractivity contribution in [3.8, 4) is 0 Å². The Balaban J connectivity index is 2.17. The molecule has 4 aromatic heterocycles. The molecule has 0 unspecified atom stereocenters. The minimum Gasteiger partial charge on any atom is -0.462 e. The molecular weight excluding hydrogens is 416 g/mol. The highest BCUT2D eigenvalue weighted by molar-refractivity contribution is 7.12. The Labute approximate surface area is 181 Å². The molecule has 0 spiro atoms. The zero-order valence-electron chi connectivity index (χ0n) is 17.2. The Hall–Kier alpha value is -3.59. The number of amides is 1. The molecule has 1 amide bonds. The zero-order chi connectivity index (χ0) is 22.1. The summed E-state index contributed by atoms with van der Waals surface area (Å²) in [6, 6.07) is 9.83. The second-order valence-corrected chi connectivity index (χ2v) is 7.99. The highest BCUT2D eigenvalue weighted by Crippen LogP contribution is 2.16. The first-order valence-corrected chi connectivity index (χ1v) is 10.7. The topological polar surface area (TPSA) is 95.0 Å². The van der Waals surface area contributed by atoms with Gasteiger partial charge in [-0.1, -0.05) is 12.1 Å². The van der Waals surface area contributed by atoms with Crippen molar-refractivity contribution < 1.29 is 14.3 Å². The van der Waals surface area contributed by atoms with Gasteiger partial charge in [-0.25, -0.2) is 9.78 Å². The molecule has 158 valence electrons. The molecular formula is C22H20N4O4S. The van der Waals surface area contributed by atoms with Crippen LogP contribution in [0.4, 0.5) is 0 Å². The van der Waals surface area contributed by atoms with Gasteiger partial charge >= 0.3 is 5.97 Å².